The number of benzene rings is 1. The number of aromatic nitrogens is 1. The van der Waals surface area contributed by atoms with Crippen LogP contribution < -0.4 is 10.2 Å². The van der Waals surface area contributed by atoms with Crippen molar-refractivity contribution in [3.05, 3.63) is 39.0 Å². The van der Waals surface area contributed by atoms with Crippen LogP contribution in [0.5, 0.6) is 0 Å². The minimum absolute atomic E-state index is 0.0642. The van der Waals surface area contributed by atoms with Crippen LogP contribution in [-0.4, -0.2) is 35.6 Å². The molecule has 2 heterocycles. The second-order valence-electron chi connectivity index (χ2n) is 5.01. The van der Waals surface area contributed by atoms with Crippen molar-refractivity contribution < 1.29 is 4.92 Å². The Labute approximate surface area is 130 Å². The van der Waals surface area contributed by atoms with Crippen LogP contribution in [0.3, 0.4) is 0 Å². The number of nitrogens with one attached hydrogen (secondary N) is 1. The maximum Gasteiger partial charge on any atom is 0.311 e. The average Bonchev–Trinajstić information content (AvgIpc) is 2.41. The monoisotopic (exact) mass is 350 g/mol. The SMILES string of the molecule is CCN(c1c([N+](=O)[O-])cnc2ccc(Br)cc12)C1CNC1. The van der Waals surface area contributed by atoms with E-state index >= 15 is 0 Å². The van der Waals surface area contributed by atoms with Gasteiger partial charge in [0.2, 0.25) is 0 Å². The van der Waals surface area contributed by atoms with Crippen LogP contribution in [0.25, 0.3) is 10.9 Å². The van der Waals surface area contributed by atoms with E-state index in [2.05, 4.69) is 31.1 Å². The average molecular weight is 351 g/mol. The molecule has 0 atom stereocenters. The largest absolute Gasteiger partial charge is 0.360 e. The number of anilines is 1. The maximum atomic E-state index is 11.4. The smallest absolute Gasteiger partial charge is 0.311 e. The molecule has 1 N–H and O–H groups in total. The van der Waals surface area contributed by atoms with Crippen LogP contribution >= 0.6 is 15.9 Å². The standard InChI is InChI=1S/C14H15BrN4O2/c1-2-18(10-6-16-7-10)14-11-5-9(15)3-4-12(11)17-8-13(14)19(20)21/h3-5,8,10,16H,2,6-7H2,1H3. The van der Waals surface area contributed by atoms with E-state index in [1.165, 1.54) is 6.20 Å². The number of hydrogen-bond acceptors (Lipinski definition) is 5. The van der Waals surface area contributed by atoms with E-state index in [1.54, 1.807) is 0 Å². The van der Waals surface area contributed by atoms with Crippen LogP contribution in [-0.2, 0) is 0 Å². The predicted octanol–water partition coefficient (Wildman–Crippen LogP) is 2.70. The van der Waals surface area contributed by atoms with E-state index in [4.69, 9.17) is 0 Å². The summed E-state index contributed by atoms with van der Waals surface area (Å²) < 4.78 is 0.890. The third-order valence-corrected chi connectivity index (χ3v) is 4.30. The normalized spacial score (nSPS) is 15.0. The third-order valence-electron chi connectivity index (χ3n) is 3.81. The first kappa shape index (κ1) is 14.2. The molecular weight excluding hydrogens is 336 g/mol. The topological polar surface area (TPSA) is 71.3 Å². The summed E-state index contributed by atoms with van der Waals surface area (Å²) in [6, 6.07) is 5.96. The van der Waals surface area contributed by atoms with Gasteiger partial charge in [-0.15, -0.1) is 0 Å². The lowest BCUT2D eigenvalue weighted by Gasteiger charge is -2.39. The van der Waals surface area contributed by atoms with Gasteiger partial charge in [-0.05, 0) is 25.1 Å². The van der Waals surface area contributed by atoms with Crippen LogP contribution in [0.2, 0.25) is 0 Å². The fraction of sp³-hybridized carbons (Fsp3) is 0.357. The third kappa shape index (κ3) is 2.47. The van der Waals surface area contributed by atoms with Crippen molar-refractivity contribution >= 4 is 38.2 Å². The Kier molecular flexibility index (Phi) is 3.77. The zero-order valence-electron chi connectivity index (χ0n) is 11.5. The molecule has 6 nitrogen and oxygen atoms in total. The van der Waals surface area contributed by atoms with Gasteiger partial charge in [0.05, 0.1) is 16.5 Å². The van der Waals surface area contributed by atoms with Crippen LogP contribution in [0.1, 0.15) is 6.92 Å². The summed E-state index contributed by atoms with van der Waals surface area (Å²) >= 11 is 3.44. The molecule has 0 spiro atoms. The van der Waals surface area contributed by atoms with Crippen LogP contribution in [0, 0.1) is 10.1 Å². The highest BCUT2D eigenvalue weighted by Crippen LogP contribution is 2.37. The van der Waals surface area contributed by atoms with Gasteiger partial charge in [0.1, 0.15) is 11.9 Å². The van der Waals surface area contributed by atoms with Crippen molar-refractivity contribution in [2.45, 2.75) is 13.0 Å². The highest BCUT2D eigenvalue weighted by molar-refractivity contribution is 9.10. The molecule has 21 heavy (non-hydrogen) atoms. The van der Waals surface area contributed by atoms with Crippen molar-refractivity contribution in [2.24, 2.45) is 0 Å². The van der Waals surface area contributed by atoms with Gasteiger partial charge in [0.25, 0.3) is 0 Å². The number of nitrogens with zero attached hydrogens (tertiary/aromatic N) is 3. The Morgan fingerprint density at radius 2 is 2.29 bits per heavy atom. The lowest BCUT2D eigenvalue weighted by atomic mass is 10.1. The molecule has 0 bridgehead atoms. The number of likely N-dealkylation sites (N-methyl/N-ethyl adjacent to an activating group) is 1. The number of halogens is 1. The molecule has 0 saturated carbocycles. The van der Waals surface area contributed by atoms with Crippen LogP contribution in [0.4, 0.5) is 11.4 Å². The Bertz CT molecular complexity index is 703. The lowest BCUT2D eigenvalue weighted by molar-refractivity contribution is -0.384. The van der Waals surface area contributed by atoms with E-state index in [-0.39, 0.29) is 10.6 Å². The molecule has 7 heteroatoms. The molecule has 1 aliphatic rings. The number of hydrogen-bond donors (Lipinski definition) is 1. The van der Waals surface area contributed by atoms with Crippen molar-refractivity contribution in [3.63, 3.8) is 0 Å². The van der Waals surface area contributed by atoms with E-state index in [0.29, 0.717) is 11.7 Å². The van der Waals surface area contributed by atoms with Gasteiger partial charge in [-0.3, -0.25) is 10.1 Å². The van der Waals surface area contributed by atoms with Crippen LogP contribution in [0.15, 0.2) is 28.9 Å². The van der Waals surface area contributed by atoms with Gasteiger partial charge in [-0.25, -0.2) is 4.98 Å². The highest BCUT2D eigenvalue weighted by Gasteiger charge is 2.30. The quantitative estimate of drug-likeness (QED) is 0.677. The second-order valence-corrected chi connectivity index (χ2v) is 5.92. The Hall–Kier alpha value is -1.73. The number of pyridine rings is 1. The summed E-state index contributed by atoms with van der Waals surface area (Å²) in [6.07, 6.45) is 1.36. The number of nitro groups is 1. The lowest BCUT2D eigenvalue weighted by Crippen LogP contribution is -2.57. The molecule has 0 aliphatic carbocycles. The van der Waals surface area contributed by atoms with Gasteiger partial charge >= 0.3 is 5.69 Å². The highest BCUT2D eigenvalue weighted by atomic mass is 79.9. The zero-order chi connectivity index (χ0) is 15.0. The summed E-state index contributed by atoms with van der Waals surface area (Å²) in [6.45, 7) is 4.44. The van der Waals surface area contributed by atoms with Crippen molar-refractivity contribution in [3.8, 4) is 0 Å². The summed E-state index contributed by atoms with van der Waals surface area (Å²) in [5.74, 6) is 0. The molecule has 3 rings (SSSR count). The molecule has 1 aliphatic heterocycles. The minimum atomic E-state index is -0.350. The fourth-order valence-electron chi connectivity index (χ4n) is 2.67. The second kappa shape index (κ2) is 5.57. The molecule has 1 aromatic carbocycles. The molecule has 0 amide bonds. The van der Waals surface area contributed by atoms with Gasteiger partial charge in [-0.2, -0.15) is 0 Å². The summed E-state index contributed by atoms with van der Waals surface area (Å²) in [4.78, 5) is 17.4. The summed E-state index contributed by atoms with van der Waals surface area (Å²) in [5.41, 5.74) is 1.50. The first-order valence-corrected chi connectivity index (χ1v) is 7.61. The summed E-state index contributed by atoms with van der Waals surface area (Å²) in [7, 11) is 0. The molecule has 1 fully saturated rings. The van der Waals surface area contributed by atoms with E-state index in [1.807, 2.05) is 25.1 Å². The number of fused-ring (bicyclic) bond motifs is 1. The van der Waals surface area contributed by atoms with Gasteiger partial charge < -0.3 is 10.2 Å². The zero-order valence-corrected chi connectivity index (χ0v) is 13.1. The molecule has 2 aromatic rings. The first-order chi connectivity index (χ1) is 10.1. The van der Waals surface area contributed by atoms with Crippen molar-refractivity contribution in [1.29, 1.82) is 0 Å². The Balaban J connectivity index is 2.26. The number of rotatable bonds is 4. The van der Waals surface area contributed by atoms with E-state index in [9.17, 15) is 10.1 Å². The minimum Gasteiger partial charge on any atom is -0.360 e. The van der Waals surface area contributed by atoms with Crippen molar-refractivity contribution in [1.82, 2.24) is 10.3 Å². The molecular formula is C14H15BrN4O2. The van der Waals surface area contributed by atoms with Gasteiger partial charge in [0.15, 0.2) is 0 Å². The molecule has 0 radical (unpaired) electrons. The van der Waals surface area contributed by atoms with Gasteiger partial charge in [0, 0.05) is 29.5 Å². The summed E-state index contributed by atoms with van der Waals surface area (Å²) in [5, 5.41) is 15.4. The molecule has 1 saturated heterocycles. The molecule has 110 valence electrons. The first-order valence-electron chi connectivity index (χ1n) is 6.81. The van der Waals surface area contributed by atoms with Crippen molar-refractivity contribution in [2.75, 3.05) is 24.5 Å². The predicted molar refractivity (Wildman–Crippen MR) is 85.8 cm³/mol. The molecule has 0 unspecified atom stereocenters. The maximum absolute atomic E-state index is 11.4. The van der Waals surface area contributed by atoms with E-state index in [0.717, 1.165) is 35.0 Å². The van der Waals surface area contributed by atoms with E-state index < -0.39 is 0 Å². The fourth-order valence-corrected chi connectivity index (χ4v) is 3.03. The molecule has 1 aromatic heterocycles. The Morgan fingerprint density at radius 1 is 1.52 bits per heavy atom. The van der Waals surface area contributed by atoms with Gasteiger partial charge in [-0.1, -0.05) is 15.9 Å². The Morgan fingerprint density at radius 3 is 2.86 bits per heavy atom.